The molecule has 0 aromatic heterocycles. The van der Waals surface area contributed by atoms with E-state index in [9.17, 15) is 10.1 Å². The highest BCUT2D eigenvalue weighted by atomic mass is 35.5. The lowest BCUT2D eigenvalue weighted by molar-refractivity contribution is -0.527. The number of aliphatic hydroxyl groups is 1. The number of halogens is 2. The third kappa shape index (κ3) is 1.54. The van der Waals surface area contributed by atoms with E-state index in [4.69, 9.17) is 28.3 Å². The van der Waals surface area contributed by atoms with E-state index >= 15 is 0 Å². The highest BCUT2D eigenvalue weighted by Gasteiger charge is 2.41. The van der Waals surface area contributed by atoms with E-state index in [0.717, 1.165) is 12.2 Å². The lowest BCUT2D eigenvalue weighted by atomic mass is 10.1. The fourth-order valence-corrected chi connectivity index (χ4v) is 1.32. The monoisotopic (exact) mass is 209 g/mol. The van der Waals surface area contributed by atoms with Gasteiger partial charge in [-0.25, -0.2) is 0 Å². The maximum atomic E-state index is 10.4. The molecule has 0 saturated carbocycles. The van der Waals surface area contributed by atoms with Crippen LogP contribution in [0.4, 0.5) is 0 Å². The fourth-order valence-electron chi connectivity index (χ4n) is 0.790. The first-order chi connectivity index (χ1) is 5.46. The van der Waals surface area contributed by atoms with Crippen molar-refractivity contribution in [3.63, 3.8) is 0 Å². The zero-order valence-corrected chi connectivity index (χ0v) is 7.34. The Kier molecular flexibility index (Phi) is 2.30. The van der Waals surface area contributed by atoms with Crippen molar-refractivity contribution < 1.29 is 10.0 Å². The van der Waals surface area contributed by atoms with Crippen LogP contribution < -0.4 is 0 Å². The number of allylic oxidation sites excluding steroid dienone is 1. The SMILES string of the molecule is O=[N+]([O-])C1(Cl)C=CC(O)=C(Cl)C1. The lowest BCUT2D eigenvalue weighted by Crippen LogP contribution is -2.31. The lowest BCUT2D eigenvalue weighted by Gasteiger charge is -2.17. The minimum Gasteiger partial charge on any atom is -0.507 e. The fraction of sp³-hybridized carbons (Fsp3) is 0.333. The van der Waals surface area contributed by atoms with E-state index in [1.54, 1.807) is 0 Å². The first-order valence-corrected chi connectivity index (χ1v) is 3.81. The van der Waals surface area contributed by atoms with Gasteiger partial charge in [0.25, 0.3) is 0 Å². The molecule has 6 heteroatoms. The van der Waals surface area contributed by atoms with Crippen LogP contribution in [-0.2, 0) is 0 Å². The Bertz CT molecular complexity index is 287. The molecule has 0 radical (unpaired) electrons. The van der Waals surface area contributed by atoms with Crippen LogP contribution in [0.25, 0.3) is 0 Å². The quantitative estimate of drug-likeness (QED) is 0.312. The number of aliphatic hydroxyl groups excluding tert-OH is 1. The van der Waals surface area contributed by atoms with E-state index in [1.807, 2.05) is 0 Å². The molecule has 66 valence electrons. The van der Waals surface area contributed by atoms with Gasteiger partial charge in [0, 0.05) is 11.0 Å². The standard InChI is InChI=1S/C6H5Cl2NO3/c7-4-3-6(8,9(11)12)2-1-5(4)10/h1-2,10H,3H2. The normalized spacial score (nSPS) is 29.2. The number of hydrogen-bond donors (Lipinski definition) is 1. The Morgan fingerprint density at radius 2 is 2.33 bits per heavy atom. The van der Waals surface area contributed by atoms with Crippen LogP contribution in [0, 0.1) is 10.1 Å². The summed E-state index contributed by atoms with van der Waals surface area (Å²) in [5.41, 5.74) is 0. The van der Waals surface area contributed by atoms with Crippen molar-refractivity contribution in [3.8, 4) is 0 Å². The second-order valence-corrected chi connectivity index (χ2v) is 3.49. The zero-order chi connectivity index (χ0) is 9.35. The summed E-state index contributed by atoms with van der Waals surface area (Å²) in [7, 11) is 0. The molecule has 0 saturated heterocycles. The molecule has 0 fully saturated rings. The van der Waals surface area contributed by atoms with Crippen LogP contribution in [0.1, 0.15) is 6.42 Å². The minimum absolute atomic E-state index is 0.00389. The van der Waals surface area contributed by atoms with Gasteiger partial charge >= 0.3 is 5.00 Å². The Morgan fingerprint density at radius 3 is 2.75 bits per heavy atom. The van der Waals surface area contributed by atoms with Gasteiger partial charge in [0.05, 0.1) is 11.5 Å². The van der Waals surface area contributed by atoms with Gasteiger partial charge in [-0.05, 0) is 17.7 Å². The molecule has 1 atom stereocenters. The van der Waals surface area contributed by atoms with Gasteiger partial charge in [-0.1, -0.05) is 11.6 Å². The molecule has 1 N–H and O–H groups in total. The molecular formula is C6H5Cl2NO3. The van der Waals surface area contributed by atoms with Crippen LogP contribution in [0.15, 0.2) is 22.9 Å². The first kappa shape index (κ1) is 9.35. The Morgan fingerprint density at radius 1 is 1.75 bits per heavy atom. The third-order valence-electron chi connectivity index (χ3n) is 1.48. The highest BCUT2D eigenvalue weighted by Crippen LogP contribution is 2.33. The van der Waals surface area contributed by atoms with Crippen LogP contribution >= 0.6 is 23.2 Å². The van der Waals surface area contributed by atoms with Crippen molar-refractivity contribution in [1.29, 1.82) is 0 Å². The van der Waals surface area contributed by atoms with Crippen LogP contribution in [0.3, 0.4) is 0 Å². The molecule has 0 amide bonds. The maximum absolute atomic E-state index is 10.4. The van der Waals surface area contributed by atoms with Gasteiger partial charge in [0.2, 0.25) is 0 Å². The summed E-state index contributed by atoms with van der Waals surface area (Å²) in [6, 6.07) is 0. The topological polar surface area (TPSA) is 63.4 Å². The molecule has 1 aliphatic carbocycles. The summed E-state index contributed by atoms with van der Waals surface area (Å²) in [4.78, 5) is 8.03. The number of rotatable bonds is 1. The zero-order valence-electron chi connectivity index (χ0n) is 5.83. The van der Waals surface area contributed by atoms with Crippen molar-refractivity contribution in [3.05, 3.63) is 33.1 Å². The van der Waals surface area contributed by atoms with Crippen LogP contribution in [0.2, 0.25) is 0 Å². The molecule has 0 aromatic rings. The molecular weight excluding hydrogens is 205 g/mol. The third-order valence-corrected chi connectivity index (χ3v) is 2.21. The average molecular weight is 210 g/mol. The summed E-state index contributed by atoms with van der Waals surface area (Å²) >= 11 is 11.0. The molecule has 0 aromatic carbocycles. The van der Waals surface area contributed by atoms with Gasteiger partial charge in [-0.15, -0.1) is 0 Å². The van der Waals surface area contributed by atoms with E-state index in [1.165, 1.54) is 0 Å². The van der Waals surface area contributed by atoms with E-state index < -0.39 is 9.92 Å². The molecule has 12 heavy (non-hydrogen) atoms. The smallest absolute Gasteiger partial charge is 0.318 e. The van der Waals surface area contributed by atoms with Crippen LogP contribution in [-0.4, -0.2) is 15.0 Å². The second-order valence-electron chi connectivity index (χ2n) is 2.38. The Labute approximate surface area is 78.2 Å². The second kappa shape index (κ2) is 2.95. The predicted octanol–water partition coefficient (Wildman–Crippen LogP) is 2.17. The first-order valence-electron chi connectivity index (χ1n) is 3.06. The summed E-state index contributed by atoms with van der Waals surface area (Å²) in [6.07, 6.45) is 2.04. The predicted molar refractivity (Wildman–Crippen MR) is 44.8 cm³/mol. The number of nitro groups is 1. The van der Waals surface area contributed by atoms with Crippen molar-refractivity contribution >= 4 is 23.2 Å². The highest BCUT2D eigenvalue weighted by molar-refractivity contribution is 6.32. The maximum Gasteiger partial charge on any atom is 0.318 e. The molecule has 1 unspecified atom stereocenters. The van der Waals surface area contributed by atoms with Crippen LogP contribution in [0.5, 0.6) is 0 Å². The van der Waals surface area contributed by atoms with Gasteiger partial charge in [-0.3, -0.25) is 10.1 Å². The van der Waals surface area contributed by atoms with E-state index in [-0.39, 0.29) is 17.2 Å². The van der Waals surface area contributed by atoms with Gasteiger partial charge in [0.15, 0.2) is 0 Å². The molecule has 1 rings (SSSR count). The number of nitrogens with zero attached hydrogens (tertiary/aromatic N) is 1. The van der Waals surface area contributed by atoms with Gasteiger partial charge in [-0.2, -0.15) is 0 Å². The summed E-state index contributed by atoms with van der Waals surface area (Å²) in [6.45, 7) is 0. The summed E-state index contributed by atoms with van der Waals surface area (Å²) in [5.74, 6) is -0.171. The van der Waals surface area contributed by atoms with E-state index in [2.05, 4.69) is 0 Å². The largest absolute Gasteiger partial charge is 0.507 e. The van der Waals surface area contributed by atoms with Crippen molar-refractivity contribution in [2.75, 3.05) is 0 Å². The van der Waals surface area contributed by atoms with Gasteiger partial charge < -0.3 is 5.11 Å². The van der Waals surface area contributed by atoms with Crippen molar-refractivity contribution in [1.82, 2.24) is 0 Å². The Hall–Kier alpha value is -0.740. The molecule has 0 aliphatic heterocycles. The Balaban J connectivity index is 2.94. The average Bonchev–Trinajstić information content (AvgIpc) is 1.97. The number of alkyl halides is 1. The molecule has 0 bridgehead atoms. The molecule has 1 aliphatic rings. The molecule has 4 nitrogen and oxygen atoms in total. The summed E-state index contributed by atoms with van der Waals surface area (Å²) in [5, 5.41) is 19.4. The van der Waals surface area contributed by atoms with Crippen molar-refractivity contribution in [2.24, 2.45) is 0 Å². The van der Waals surface area contributed by atoms with Crippen molar-refractivity contribution in [2.45, 2.75) is 11.4 Å². The van der Waals surface area contributed by atoms with Gasteiger partial charge in [0.1, 0.15) is 5.76 Å². The van der Waals surface area contributed by atoms with E-state index in [0.29, 0.717) is 0 Å². The summed E-state index contributed by atoms with van der Waals surface area (Å²) < 4.78 is 0. The molecule has 0 heterocycles. The molecule has 0 spiro atoms. The number of hydrogen-bond acceptors (Lipinski definition) is 3. The minimum atomic E-state index is -1.71.